The number of carbonyl (C=O) groups is 3. The lowest BCUT2D eigenvalue weighted by molar-refractivity contribution is -0.148. The zero-order valence-electron chi connectivity index (χ0n) is 22.6. The van der Waals surface area contributed by atoms with Gasteiger partial charge in [-0.1, -0.05) is 44.9 Å². The van der Waals surface area contributed by atoms with Crippen molar-refractivity contribution in [2.75, 3.05) is 20.2 Å². The molecule has 1 aromatic carbocycles. The molecule has 11 heteroatoms. The third-order valence-corrected chi connectivity index (χ3v) is 6.28. The van der Waals surface area contributed by atoms with Gasteiger partial charge in [-0.3, -0.25) is 19.3 Å². The summed E-state index contributed by atoms with van der Waals surface area (Å²) in [6, 6.07) is 9.05. The summed E-state index contributed by atoms with van der Waals surface area (Å²) in [6.07, 6.45) is 10.8. The van der Waals surface area contributed by atoms with Crippen LogP contribution in [0.1, 0.15) is 52.9 Å². The molecule has 0 aliphatic rings. The molecule has 1 aromatic rings. The highest BCUT2D eigenvalue weighted by Crippen LogP contribution is 2.35. The Morgan fingerprint density at radius 3 is 2.42 bits per heavy atom. The molecule has 1 rings (SSSR count). The molecule has 0 aliphatic carbocycles. The maximum Gasteiger partial charge on any atom is 0.320 e. The van der Waals surface area contributed by atoms with Gasteiger partial charge in [0.05, 0.1) is 12.7 Å². The highest BCUT2D eigenvalue weighted by Gasteiger charge is 2.22. The van der Waals surface area contributed by atoms with Gasteiger partial charge in [0.25, 0.3) is 0 Å². The highest BCUT2D eigenvalue weighted by molar-refractivity contribution is 7.45. The summed E-state index contributed by atoms with van der Waals surface area (Å²) in [7, 11) is -0.282. The number of carbonyl (C=O) groups excluding carboxylic acids is 3. The van der Waals surface area contributed by atoms with Crippen LogP contribution in [0.5, 0.6) is 5.75 Å². The molecule has 0 heterocycles. The Bertz CT molecular complexity index is 888. The molecule has 3 atom stereocenters. The first-order valence-electron chi connectivity index (χ1n) is 12.7. The van der Waals surface area contributed by atoms with Crippen molar-refractivity contribution in [3.63, 3.8) is 0 Å². The Balaban J connectivity index is 2.82. The van der Waals surface area contributed by atoms with Crippen molar-refractivity contribution in [1.82, 2.24) is 15.3 Å². The summed E-state index contributed by atoms with van der Waals surface area (Å²) in [4.78, 5) is 36.6. The second-order valence-electron chi connectivity index (χ2n) is 8.23. The number of esters is 1. The van der Waals surface area contributed by atoms with Crippen molar-refractivity contribution >= 4 is 26.8 Å². The van der Waals surface area contributed by atoms with Crippen molar-refractivity contribution in [3.05, 3.63) is 42.6 Å². The molecular formula is C27H40N3O7P. The minimum absolute atomic E-state index is 0.0231. The number of amides is 2. The monoisotopic (exact) mass is 549 g/mol. The molecule has 0 saturated carbocycles. The molecule has 3 unspecified atom stereocenters. The lowest BCUT2D eigenvalue weighted by Crippen LogP contribution is -2.35. The third kappa shape index (κ3) is 14.1. The van der Waals surface area contributed by atoms with Gasteiger partial charge in [-0.2, -0.15) is 0 Å². The summed E-state index contributed by atoms with van der Waals surface area (Å²) in [5.41, 5.74) is 0. The van der Waals surface area contributed by atoms with Gasteiger partial charge in [0, 0.05) is 25.7 Å². The fraction of sp³-hybridized carbons (Fsp3) is 0.519. The van der Waals surface area contributed by atoms with Crippen LogP contribution in [-0.4, -0.2) is 61.8 Å². The Morgan fingerprint density at radius 1 is 1.16 bits per heavy atom. The smallest absolute Gasteiger partial charge is 0.320 e. The van der Waals surface area contributed by atoms with E-state index in [0.717, 1.165) is 25.7 Å². The topological polar surface area (TPSA) is 115 Å². The second kappa shape index (κ2) is 20.1. The van der Waals surface area contributed by atoms with Crippen LogP contribution in [-0.2, 0) is 28.4 Å². The zero-order chi connectivity index (χ0) is 28.2. The molecule has 0 radical (unpaired) electrons. The standard InChI is InChI=1S/C27H40N3O7P/c1-6-12-23(13-7-2)36-27(33)19-29-38(37-24-15-10-9-11-16-24)34-20-25(14-8-3)35-22(4)30(21-31)18-17-26(32)28-5/h3,9-11,15-18,21-23,25,29H,6-7,12-14,19-20H2,1-2,4-5H3,(H,28,32)/b18-17-. The molecule has 10 nitrogen and oxygen atoms in total. The maximum absolute atomic E-state index is 12.5. The number of hydrogen-bond acceptors (Lipinski definition) is 8. The van der Waals surface area contributed by atoms with Crippen molar-refractivity contribution in [3.8, 4) is 18.1 Å². The first-order valence-corrected chi connectivity index (χ1v) is 13.8. The van der Waals surface area contributed by atoms with E-state index in [4.69, 9.17) is 24.9 Å². The van der Waals surface area contributed by atoms with Crippen LogP contribution >= 0.6 is 8.53 Å². The fourth-order valence-corrected chi connectivity index (χ4v) is 4.28. The summed E-state index contributed by atoms with van der Waals surface area (Å²) in [5.74, 6) is 2.34. The molecule has 38 heavy (non-hydrogen) atoms. The predicted octanol–water partition coefficient (Wildman–Crippen LogP) is 3.88. The molecule has 0 fully saturated rings. The van der Waals surface area contributed by atoms with Crippen LogP contribution in [0.3, 0.4) is 0 Å². The fourth-order valence-electron chi connectivity index (χ4n) is 3.20. The Labute approximate surface area is 227 Å². The van der Waals surface area contributed by atoms with E-state index in [2.05, 4.69) is 30.2 Å². The third-order valence-electron chi connectivity index (χ3n) is 5.10. The van der Waals surface area contributed by atoms with Crippen LogP contribution in [0.25, 0.3) is 0 Å². The molecule has 210 valence electrons. The Kier molecular flexibility index (Phi) is 17.5. The van der Waals surface area contributed by atoms with Gasteiger partial charge >= 0.3 is 14.5 Å². The van der Waals surface area contributed by atoms with Gasteiger partial charge in [0.1, 0.15) is 24.6 Å². The van der Waals surface area contributed by atoms with E-state index in [-0.39, 0.29) is 37.6 Å². The van der Waals surface area contributed by atoms with E-state index in [0.29, 0.717) is 12.2 Å². The molecule has 0 aliphatic heterocycles. The molecule has 0 spiro atoms. The largest absolute Gasteiger partial charge is 0.461 e. The number of ether oxygens (including phenoxy) is 2. The lowest BCUT2D eigenvalue weighted by Gasteiger charge is -2.27. The Hall–Kier alpha value is -2.96. The average molecular weight is 550 g/mol. The van der Waals surface area contributed by atoms with E-state index in [9.17, 15) is 14.4 Å². The van der Waals surface area contributed by atoms with Crippen LogP contribution in [0.15, 0.2) is 42.6 Å². The number of hydrogen-bond donors (Lipinski definition) is 2. The summed E-state index contributed by atoms with van der Waals surface area (Å²) in [5, 5.41) is 5.43. The number of rotatable bonds is 20. The normalized spacial score (nSPS) is 13.4. The highest BCUT2D eigenvalue weighted by atomic mass is 31.2. The van der Waals surface area contributed by atoms with Crippen LogP contribution in [0.2, 0.25) is 0 Å². The predicted molar refractivity (Wildman–Crippen MR) is 147 cm³/mol. The molecule has 0 saturated heterocycles. The molecule has 2 N–H and O–H groups in total. The first kappa shape index (κ1) is 33.1. The van der Waals surface area contributed by atoms with E-state index in [1.54, 1.807) is 19.1 Å². The van der Waals surface area contributed by atoms with Gasteiger partial charge in [0.2, 0.25) is 12.3 Å². The number of likely N-dealkylation sites (N-methyl/N-ethyl adjacent to an activating group) is 1. The maximum atomic E-state index is 12.5. The van der Waals surface area contributed by atoms with Gasteiger partial charge in [-0.05, 0) is 31.9 Å². The lowest BCUT2D eigenvalue weighted by atomic mass is 10.1. The van der Waals surface area contributed by atoms with Gasteiger partial charge in [-0.15, -0.1) is 12.3 Å². The van der Waals surface area contributed by atoms with Gasteiger partial charge in [-0.25, -0.2) is 5.09 Å². The minimum atomic E-state index is -1.76. The number of nitrogens with one attached hydrogen (secondary N) is 2. The number of nitrogens with zero attached hydrogens (tertiary/aromatic N) is 1. The zero-order valence-corrected chi connectivity index (χ0v) is 23.5. The van der Waals surface area contributed by atoms with Crippen LogP contribution in [0.4, 0.5) is 0 Å². The second-order valence-corrected chi connectivity index (χ2v) is 9.50. The van der Waals surface area contributed by atoms with Crippen molar-refractivity contribution < 1.29 is 32.9 Å². The summed E-state index contributed by atoms with van der Waals surface area (Å²) >= 11 is 0. The van der Waals surface area contributed by atoms with Gasteiger partial charge < -0.3 is 23.8 Å². The minimum Gasteiger partial charge on any atom is -0.461 e. The number of terminal acetylenes is 1. The van der Waals surface area contributed by atoms with Gasteiger partial charge in [0.15, 0.2) is 0 Å². The van der Waals surface area contributed by atoms with Crippen molar-refractivity contribution in [2.24, 2.45) is 0 Å². The van der Waals surface area contributed by atoms with E-state index in [1.807, 2.05) is 18.2 Å². The quantitative estimate of drug-likeness (QED) is 0.0629. The first-order chi connectivity index (χ1) is 18.4. The van der Waals surface area contributed by atoms with E-state index >= 15 is 0 Å². The van der Waals surface area contributed by atoms with Crippen LogP contribution < -0.4 is 14.9 Å². The average Bonchev–Trinajstić information content (AvgIpc) is 2.91. The Morgan fingerprint density at radius 2 is 1.84 bits per heavy atom. The molecular weight excluding hydrogens is 509 g/mol. The van der Waals surface area contributed by atoms with Crippen LogP contribution in [0, 0.1) is 12.3 Å². The van der Waals surface area contributed by atoms with E-state index < -0.39 is 20.9 Å². The summed E-state index contributed by atoms with van der Waals surface area (Å²) < 4.78 is 23.4. The SMILES string of the molecule is C#CCC(COP(NCC(=O)OC(CCC)CCC)Oc1ccccc1)OC(C)N(C=O)/C=C\C(=O)NC. The number of benzene rings is 1. The van der Waals surface area contributed by atoms with Crippen molar-refractivity contribution in [2.45, 2.75) is 71.3 Å². The molecule has 0 aromatic heterocycles. The van der Waals surface area contributed by atoms with Crippen molar-refractivity contribution in [1.29, 1.82) is 0 Å². The number of para-hydroxylation sites is 1. The molecule has 0 bridgehead atoms. The molecule has 2 amide bonds. The van der Waals surface area contributed by atoms with E-state index in [1.165, 1.54) is 24.2 Å². The summed E-state index contributed by atoms with van der Waals surface area (Å²) in [6.45, 7) is 5.68.